The van der Waals surface area contributed by atoms with Gasteiger partial charge in [-0.2, -0.15) is 13.2 Å². The van der Waals surface area contributed by atoms with Crippen molar-refractivity contribution in [2.24, 2.45) is 5.92 Å². The van der Waals surface area contributed by atoms with Crippen LogP contribution in [0.5, 0.6) is 0 Å². The molecule has 1 aromatic rings. The summed E-state index contributed by atoms with van der Waals surface area (Å²) in [5.41, 5.74) is -0.247. The van der Waals surface area contributed by atoms with Crippen LogP contribution in [0.15, 0.2) is 22.7 Å². The van der Waals surface area contributed by atoms with Crippen LogP contribution in [-0.2, 0) is 6.18 Å². The minimum Gasteiger partial charge on any atom is -0.371 e. The van der Waals surface area contributed by atoms with Gasteiger partial charge in [0.2, 0.25) is 0 Å². The van der Waals surface area contributed by atoms with Gasteiger partial charge in [0.15, 0.2) is 0 Å². The zero-order chi connectivity index (χ0) is 15.5. The van der Waals surface area contributed by atoms with Gasteiger partial charge >= 0.3 is 6.18 Å². The first-order chi connectivity index (χ1) is 9.91. The van der Waals surface area contributed by atoms with Crippen molar-refractivity contribution in [2.75, 3.05) is 31.6 Å². The van der Waals surface area contributed by atoms with Gasteiger partial charge in [0.05, 0.1) is 5.56 Å². The highest BCUT2D eigenvalue weighted by atomic mass is 79.9. The molecule has 1 aliphatic rings. The van der Waals surface area contributed by atoms with Gasteiger partial charge in [-0.3, -0.25) is 0 Å². The van der Waals surface area contributed by atoms with Gasteiger partial charge in [0.1, 0.15) is 0 Å². The summed E-state index contributed by atoms with van der Waals surface area (Å²) in [7, 11) is 1.92. The molecule has 0 saturated carbocycles. The fourth-order valence-electron chi connectivity index (χ4n) is 2.82. The maximum absolute atomic E-state index is 13.2. The average Bonchev–Trinajstić information content (AvgIpc) is 2.45. The molecule has 21 heavy (non-hydrogen) atoms. The summed E-state index contributed by atoms with van der Waals surface area (Å²) >= 11 is 3.13. The van der Waals surface area contributed by atoms with Gasteiger partial charge in [-0.25, -0.2) is 0 Å². The summed E-state index contributed by atoms with van der Waals surface area (Å²) < 4.78 is 40.0. The number of nitrogens with one attached hydrogen (secondary N) is 1. The quantitative estimate of drug-likeness (QED) is 0.856. The number of piperidine rings is 1. The average molecular weight is 365 g/mol. The molecule has 2 rings (SSSR count). The first kappa shape index (κ1) is 16.6. The minimum atomic E-state index is -4.32. The van der Waals surface area contributed by atoms with Crippen molar-refractivity contribution in [3.63, 3.8) is 0 Å². The molecule has 0 amide bonds. The zero-order valence-corrected chi connectivity index (χ0v) is 13.6. The smallest absolute Gasteiger partial charge is 0.371 e. The predicted octanol–water partition coefficient (Wildman–Crippen LogP) is 4.29. The van der Waals surface area contributed by atoms with Crippen molar-refractivity contribution in [1.29, 1.82) is 0 Å². The molecule has 0 atom stereocenters. The Labute approximate surface area is 131 Å². The van der Waals surface area contributed by atoms with Crippen LogP contribution in [0, 0.1) is 5.92 Å². The molecule has 0 unspecified atom stereocenters. The van der Waals surface area contributed by atoms with Crippen LogP contribution in [0.1, 0.15) is 24.8 Å². The van der Waals surface area contributed by atoms with Crippen LogP contribution in [-0.4, -0.2) is 26.7 Å². The van der Waals surface area contributed by atoms with E-state index in [1.165, 1.54) is 6.07 Å². The highest BCUT2D eigenvalue weighted by Crippen LogP contribution is 2.39. The van der Waals surface area contributed by atoms with Crippen molar-refractivity contribution in [1.82, 2.24) is 5.32 Å². The molecule has 1 aliphatic heterocycles. The van der Waals surface area contributed by atoms with Crippen molar-refractivity contribution < 1.29 is 13.2 Å². The van der Waals surface area contributed by atoms with Crippen molar-refractivity contribution in [3.8, 4) is 0 Å². The summed E-state index contributed by atoms with van der Waals surface area (Å²) in [5, 5.41) is 3.13. The highest BCUT2D eigenvalue weighted by molar-refractivity contribution is 9.10. The Morgan fingerprint density at radius 2 is 1.95 bits per heavy atom. The van der Waals surface area contributed by atoms with Crippen molar-refractivity contribution in [3.05, 3.63) is 28.2 Å². The second-order valence-electron chi connectivity index (χ2n) is 5.48. The Hall–Kier alpha value is -0.750. The van der Waals surface area contributed by atoms with Crippen molar-refractivity contribution in [2.45, 2.75) is 25.4 Å². The van der Waals surface area contributed by atoms with Crippen molar-refractivity contribution >= 4 is 21.6 Å². The fraction of sp³-hybridized carbons (Fsp3) is 0.600. The molecule has 0 spiro atoms. The Bertz CT molecular complexity index is 468. The lowest BCUT2D eigenvalue weighted by Crippen LogP contribution is -2.35. The summed E-state index contributed by atoms with van der Waals surface area (Å²) in [4.78, 5) is 1.87. The van der Waals surface area contributed by atoms with E-state index >= 15 is 0 Å². The van der Waals surface area contributed by atoms with E-state index in [1.807, 2.05) is 11.9 Å². The predicted molar refractivity (Wildman–Crippen MR) is 82.6 cm³/mol. The molecule has 2 nitrogen and oxygen atoms in total. The maximum atomic E-state index is 13.2. The third-order valence-electron chi connectivity index (χ3n) is 4.02. The van der Waals surface area contributed by atoms with E-state index in [1.54, 1.807) is 12.1 Å². The van der Waals surface area contributed by atoms with Gasteiger partial charge in [-0.15, -0.1) is 0 Å². The molecule has 1 saturated heterocycles. The van der Waals surface area contributed by atoms with Gasteiger partial charge in [0.25, 0.3) is 0 Å². The molecular weight excluding hydrogens is 345 g/mol. The molecule has 1 N–H and O–H groups in total. The Morgan fingerprint density at radius 3 is 2.52 bits per heavy atom. The summed E-state index contributed by atoms with van der Waals surface area (Å²) in [5.74, 6) is 0.610. The molecule has 0 bridgehead atoms. The molecular formula is C15H20BrF3N2. The van der Waals surface area contributed by atoms with Crippen LogP contribution < -0.4 is 10.2 Å². The Morgan fingerprint density at radius 1 is 1.29 bits per heavy atom. The van der Waals surface area contributed by atoms with Gasteiger partial charge in [-0.1, -0.05) is 15.9 Å². The van der Waals surface area contributed by atoms with Crippen LogP contribution in [0.4, 0.5) is 18.9 Å². The lowest BCUT2D eigenvalue weighted by Gasteiger charge is -2.35. The summed E-state index contributed by atoms with van der Waals surface area (Å²) in [6, 6.07) is 4.42. The first-order valence-corrected chi connectivity index (χ1v) is 7.97. The van der Waals surface area contributed by atoms with Crippen LogP contribution >= 0.6 is 15.9 Å². The molecule has 1 aromatic carbocycles. The summed E-state index contributed by atoms with van der Waals surface area (Å²) in [6.07, 6.45) is -1.32. The number of rotatable bonds is 4. The van der Waals surface area contributed by atoms with E-state index in [0.29, 0.717) is 29.2 Å². The van der Waals surface area contributed by atoms with E-state index < -0.39 is 11.7 Å². The van der Waals surface area contributed by atoms with Gasteiger partial charge < -0.3 is 10.2 Å². The molecule has 118 valence electrons. The fourth-order valence-corrected chi connectivity index (χ4v) is 3.18. The third kappa shape index (κ3) is 4.36. The lowest BCUT2D eigenvalue weighted by atomic mass is 9.93. The maximum Gasteiger partial charge on any atom is 0.418 e. The molecule has 0 radical (unpaired) electrons. The largest absolute Gasteiger partial charge is 0.418 e. The standard InChI is InChI=1S/C15H20BrF3N2/c1-20-7-4-11-5-8-21(9-6-11)14-3-2-12(16)10-13(14)15(17,18)19/h2-3,10-11,20H,4-9H2,1H3. The number of alkyl halides is 3. The highest BCUT2D eigenvalue weighted by Gasteiger charge is 2.35. The van der Waals surface area contributed by atoms with Crippen LogP contribution in [0.2, 0.25) is 0 Å². The lowest BCUT2D eigenvalue weighted by molar-refractivity contribution is -0.137. The number of anilines is 1. The first-order valence-electron chi connectivity index (χ1n) is 7.18. The molecule has 6 heteroatoms. The van der Waals surface area contributed by atoms with Crippen LogP contribution in [0.3, 0.4) is 0 Å². The van der Waals surface area contributed by atoms with E-state index in [9.17, 15) is 13.2 Å². The molecule has 0 aliphatic carbocycles. The molecule has 0 aromatic heterocycles. The number of hydrogen-bond acceptors (Lipinski definition) is 2. The van der Waals surface area contributed by atoms with E-state index in [0.717, 1.165) is 25.8 Å². The number of halogens is 4. The van der Waals surface area contributed by atoms with Gasteiger partial charge in [-0.05, 0) is 57.0 Å². The monoisotopic (exact) mass is 364 g/mol. The number of hydrogen-bond donors (Lipinski definition) is 1. The molecule has 1 heterocycles. The Balaban J connectivity index is 2.10. The SMILES string of the molecule is CNCCC1CCN(c2ccc(Br)cc2C(F)(F)F)CC1. The second-order valence-corrected chi connectivity index (χ2v) is 6.40. The van der Waals surface area contributed by atoms with E-state index in [4.69, 9.17) is 0 Å². The number of benzene rings is 1. The number of nitrogens with zero attached hydrogens (tertiary/aromatic N) is 1. The second kappa shape index (κ2) is 7.01. The normalized spacial score (nSPS) is 17.3. The van der Waals surface area contributed by atoms with Crippen LogP contribution in [0.25, 0.3) is 0 Å². The minimum absolute atomic E-state index is 0.303. The Kier molecular flexibility index (Phi) is 5.54. The summed E-state index contributed by atoms with van der Waals surface area (Å²) in [6.45, 7) is 2.36. The van der Waals surface area contributed by atoms with Gasteiger partial charge in [0, 0.05) is 23.2 Å². The van der Waals surface area contributed by atoms with E-state index in [-0.39, 0.29) is 0 Å². The third-order valence-corrected chi connectivity index (χ3v) is 4.52. The van der Waals surface area contributed by atoms with E-state index in [2.05, 4.69) is 21.2 Å². The molecule has 1 fully saturated rings. The topological polar surface area (TPSA) is 15.3 Å². The zero-order valence-electron chi connectivity index (χ0n) is 12.0.